The van der Waals surface area contributed by atoms with Crippen LogP contribution in [-0.2, 0) is 4.79 Å². The number of ketones is 1. The number of anilines is 1. The van der Waals surface area contributed by atoms with Crippen LogP contribution in [0.5, 0.6) is 0 Å². The highest BCUT2D eigenvalue weighted by atomic mass is 19.1. The quantitative estimate of drug-likeness (QED) is 0.667. The molecule has 8 heteroatoms. The second-order valence-electron chi connectivity index (χ2n) is 7.32. The first-order chi connectivity index (χ1) is 14.4. The van der Waals surface area contributed by atoms with Crippen molar-refractivity contribution in [2.24, 2.45) is 0 Å². The highest BCUT2D eigenvalue weighted by Gasteiger charge is 2.28. The Hall–Kier alpha value is -2.97. The lowest BCUT2D eigenvalue weighted by molar-refractivity contribution is -0.125. The molecule has 2 aromatic carbocycles. The molecule has 3 N–H and O–H groups in total. The first-order valence-corrected chi connectivity index (χ1v) is 9.87. The summed E-state index contributed by atoms with van der Waals surface area (Å²) in [4.78, 5) is 27.9. The zero-order chi connectivity index (χ0) is 21.7. The largest absolute Gasteiger partial charge is 0.391 e. The third kappa shape index (κ3) is 5.14. The third-order valence-electron chi connectivity index (χ3n) is 5.24. The average Bonchev–Trinajstić information content (AvgIpc) is 2.77. The second kappa shape index (κ2) is 9.69. The summed E-state index contributed by atoms with van der Waals surface area (Å²) in [7, 11) is 0. The Kier molecular flexibility index (Phi) is 7.02. The van der Waals surface area contributed by atoms with E-state index in [0.717, 1.165) is 16.8 Å². The molecule has 0 spiro atoms. The fourth-order valence-electron chi connectivity index (χ4n) is 3.47. The number of carbonyl (C=O) groups excluding carboxylic acids is 2. The zero-order valence-corrected chi connectivity index (χ0v) is 16.8. The summed E-state index contributed by atoms with van der Waals surface area (Å²) < 4.78 is 13.1. The van der Waals surface area contributed by atoms with Crippen LogP contribution in [0.25, 0.3) is 11.1 Å². The summed E-state index contributed by atoms with van der Waals surface area (Å²) in [6.07, 6.45) is -1.09. The Balaban J connectivity index is 1.56. The van der Waals surface area contributed by atoms with Crippen molar-refractivity contribution in [2.45, 2.75) is 19.1 Å². The number of amides is 2. The second-order valence-corrected chi connectivity index (χ2v) is 7.32. The van der Waals surface area contributed by atoms with Crippen molar-refractivity contribution in [2.75, 3.05) is 37.7 Å². The fourth-order valence-corrected chi connectivity index (χ4v) is 3.47. The van der Waals surface area contributed by atoms with Gasteiger partial charge >= 0.3 is 6.03 Å². The van der Waals surface area contributed by atoms with E-state index in [1.807, 2.05) is 24.3 Å². The third-order valence-corrected chi connectivity index (χ3v) is 5.24. The van der Waals surface area contributed by atoms with Crippen molar-refractivity contribution in [1.82, 2.24) is 10.2 Å². The number of carbonyl (C=O) groups is 2. The van der Waals surface area contributed by atoms with Gasteiger partial charge in [-0.2, -0.15) is 0 Å². The lowest BCUT2D eigenvalue weighted by atomic mass is 10.1. The summed E-state index contributed by atoms with van der Waals surface area (Å²) in [6, 6.07) is 12.7. The molecule has 7 nitrogen and oxygen atoms in total. The van der Waals surface area contributed by atoms with Gasteiger partial charge in [-0.05, 0) is 42.3 Å². The van der Waals surface area contributed by atoms with Gasteiger partial charge in [0.05, 0.1) is 6.10 Å². The molecule has 3 rings (SSSR count). The van der Waals surface area contributed by atoms with Gasteiger partial charge in [0.1, 0.15) is 18.5 Å². The van der Waals surface area contributed by atoms with Crippen molar-refractivity contribution in [1.29, 1.82) is 0 Å². The van der Waals surface area contributed by atoms with Crippen LogP contribution in [0.3, 0.4) is 0 Å². The number of urea groups is 1. The van der Waals surface area contributed by atoms with Gasteiger partial charge in [-0.1, -0.05) is 24.3 Å². The smallest absolute Gasteiger partial charge is 0.318 e. The monoisotopic (exact) mass is 415 g/mol. The van der Waals surface area contributed by atoms with Crippen LogP contribution in [-0.4, -0.2) is 71.9 Å². The number of hydrogen-bond donors (Lipinski definition) is 3. The highest BCUT2D eigenvalue weighted by molar-refractivity contribution is 5.89. The molecule has 0 radical (unpaired) electrons. The van der Waals surface area contributed by atoms with Gasteiger partial charge in [-0.15, -0.1) is 0 Å². The molecule has 0 saturated carbocycles. The zero-order valence-electron chi connectivity index (χ0n) is 16.8. The van der Waals surface area contributed by atoms with Crippen LogP contribution in [0.2, 0.25) is 0 Å². The number of aliphatic hydroxyl groups excluding tert-OH is 2. The topological polar surface area (TPSA) is 93.1 Å². The number of piperazine rings is 1. The van der Waals surface area contributed by atoms with Crippen molar-refractivity contribution in [3.63, 3.8) is 0 Å². The van der Waals surface area contributed by atoms with E-state index < -0.39 is 30.6 Å². The minimum absolute atomic E-state index is 0.266. The van der Waals surface area contributed by atoms with Crippen LogP contribution < -0.4 is 10.2 Å². The number of Topliss-reactive ketones (excluding diaryl/α,β-unsaturated/α-hetero) is 1. The van der Waals surface area contributed by atoms with Gasteiger partial charge in [0.25, 0.3) is 0 Å². The summed E-state index contributed by atoms with van der Waals surface area (Å²) >= 11 is 0. The maximum atomic E-state index is 13.1. The molecule has 2 amide bonds. The van der Waals surface area contributed by atoms with Crippen LogP contribution in [0.1, 0.15) is 6.92 Å². The number of rotatable bonds is 6. The van der Waals surface area contributed by atoms with Gasteiger partial charge < -0.3 is 25.3 Å². The number of hydrogen-bond acceptors (Lipinski definition) is 5. The average molecular weight is 415 g/mol. The maximum Gasteiger partial charge on any atom is 0.318 e. The van der Waals surface area contributed by atoms with E-state index in [0.29, 0.717) is 26.2 Å². The lowest BCUT2D eigenvalue weighted by Gasteiger charge is -2.37. The number of halogens is 1. The molecule has 1 fully saturated rings. The molecule has 1 aliphatic heterocycles. The standard InChI is InChI=1S/C22H26FN3O4/c1-15(28)21(20(29)14-27)24-22(30)26-12-10-25(11-13-26)19-8-4-17(5-9-19)16-2-6-18(23)7-3-16/h2-9,15,21,27-28H,10-14H2,1H3,(H,24,30)/t15-,21+/m0/s1. The Morgan fingerprint density at radius 1 is 1.00 bits per heavy atom. The summed E-state index contributed by atoms with van der Waals surface area (Å²) in [5.41, 5.74) is 2.96. The minimum atomic E-state index is -1.13. The Bertz CT molecular complexity index is 863. The molecular weight excluding hydrogens is 389 g/mol. The molecule has 0 aromatic heterocycles. The van der Waals surface area contributed by atoms with E-state index in [4.69, 9.17) is 5.11 Å². The Labute approximate surface area is 174 Å². The first kappa shape index (κ1) is 21.7. The summed E-state index contributed by atoms with van der Waals surface area (Å²) in [5, 5.41) is 21.2. The van der Waals surface area contributed by atoms with E-state index in [2.05, 4.69) is 10.2 Å². The molecule has 2 atom stereocenters. The Morgan fingerprint density at radius 3 is 2.03 bits per heavy atom. The normalized spacial score (nSPS) is 16.1. The van der Waals surface area contributed by atoms with E-state index in [-0.39, 0.29) is 5.82 Å². The number of nitrogens with zero attached hydrogens (tertiary/aromatic N) is 2. The molecule has 1 saturated heterocycles. The van der Waals surface area contributed by atoms with Crippen molar-refractivity contribution in [3.05, 3.63) is 54.3 Å². The van der Waals surface area contributed by atoms with Crippen LogP contribution >= 0.6 is 0 Å². The van der Waals surface area contributed by atoms with Crippen molar-refractivity contribution in [3.8, 4) is 11.1 Å². The van der Waals surface area contributed by atoms with Crippen LogP contribution in [0, 0.1) is 5.82 Å². The van der Waals surface area contributed by atoms with Crippen LogP contribution in [0.4, 0.5) is 14.9 Å². The highest BCUT2D eigenvalue weighted by Crippen LogP contribution is 2.24. The van der Waals surface area contributed by atoms with Crippen molar-refractivity contribution >= 4 is 17.5 Å². The molecule has 0 bridgehead atoms. The lowest BCUT2D eigenvalue weighted by Crippen LogP contribution is -2.57. The van der Waals surface area contributed by atoms with Crippen LogP contribution in [0.15, 0.2) is 48.5 Å². The van der Waals surface area contributed by atoms with E-state index in [9.17, 15) is 19.1 Å². The molecule has 1 heterocycles. The fraction of sp³-hybridized carbons (Fsp3) is 0.364. The predicted octanol–water partition coefficient (Wildman–Crippen LogP) is 1.64. The van der Waals surface area contributed by atoms with Gasteiger partial charge in [0.15, 0.2) is 5.78 Å². The number of aliphatic hydroxyl groups is 2. The van der Waals surface area contributed by atoms with E-state index in [1.54, 1.807) is 17.0 Å². The predicted molar refractivity (Wildman–Crippen MR) is 112 cm³/mol. The number of benzene rings is 2. The molecule has 0 unspecified atom stereocenters. The minimum Gasteiger partial charge on any atom is -0.391 e. The molecule has 30 heavy (non-hydrogen) atoms. The van der Waals surface area contributed by atoms with Crippen molar-refractivity contribution < 1.29 is 24.2 Å². The molecule has 2 aromatic rings. The first-order valence-electron chi connectivity index (χ1n) is 9.87. The SMILES string of the molecule is C[C@H](O)[C@@H](NC(=O)N1CCN(c2ccc(-c3ccc(F)cc3)cc2)CC1)C(=O)CO. The number of nitrogens with one attached hydrogen (secondary N) is 1. The molecule has 0 aliphatic carbocycles. The van der Waals surface area contributed by atoms with E-state index >= 15 is 0 Å². The Morgan fingerprint density at radius 2 is 1.53 bits per heavy atom. The molecule has 160 valence electrons. The van der Waals surface area contributed by atoms with Gasteiger partial charge in [0.2, 0.25) is 0 Å². The summed E-state index contributed by atoms with van der Waals surface area (Å²) in [5.74, 6) is -0.893. The van der Waals surface area contributed by atoms with Gasteiger partial charge in [-0.3, -0.25) is 4.79 Å². The van der Waals surface area contributed by atoms with E-state index in [1.165, 1.54) is 19.1 Å². The van der Waals surface area contributed by atoms with Gasteiger partial charge in [-0.25, -0.2) is 9.18 Å². The van der Waals surface area contributed by atoms with Gasteiger partial charge in [0, 0.05) is 31.9 Å². The molecular formula is C22H26FN3O4. The summed E-state index contributed by atoms with van der Waals surface area (Å²) in [6.45, 7) is 2.83. The maximum absolute atomic E-state index is 13.1. The molecule has 1 aliphatic rings.